The minimum atomic E-state index is -4.14. The van der Waals surface area contributed by atoms with E-state index in [1.165, 1.54) is 48.5 Å². The number of nitriles is 1. The smallest absolute Gasteiger partial charge is 0.281 e. The third kappa shape index (κ3) is 3.29. The predicted octanol–water partition coefficient (Wildman–Crippen LogP) is 1.60. The Labute approximate surface area is 127 Å². The van der Waals surface area contributed by atoms with E-state index in [0.717, 1.165) is 0 Å². The lowest BCUT2D eigenvalue weighted by molar-refractivity contribution is -0.212. The normalized spacial score (nSPS) is 11.5. The van der Waals surface area contributed by atoms with Gasteiger partial charge in [-0.1, -0.05) is 36.4 Å². The van der Waals surface area contributed by atoms with Crippen LogP contribution in [0.1, 0.15) is 11.1 Å². The number of hydrogen-bond donors (Lipinski definition) is 0. The Morgan fingerprint density at radius 1 is 1.14 bits per heavy atom. The maximum absolute atomic E-state index is 12.0. The topological polar surface area (TPSA) is 97.7 Å². The van der Waals surface area contributed by atoms with E-state index >= 15 is 0 Å². The Morgan fingerprint density at radius 3 is 2.23 bits per heavy atom. The highest BCUT2D eigenvalue weighted by atomic mass is 32.2. The molecule has 0 aliphatic carbocycles. The van der Waals surface area contributed by atoms with E-state index in [1.807, 2.05) is 6.07 Å². The van der Waals surface area contributed by atoms with Gasteiger partial charge in [-0.25, -0.2) is 4.85 Å². The second kappa shape index (κ2) is 6.08. The van der Waals surface area contributed by atoms with Crippen LogP contribution in [0.3, 0.4) is 0 Å². The summed E-state index contributed by atoms with van der Waals surface area (Å²) in [5, 5.41) is 20.5. The maximum Gasteiger partial charge on any atom is 0.281 e. The number of sulfonamides is 1. The minimum absolute atomic E-state index is 0.0698. The van der Waals surface area contributed by atoms with Crippen molar-refractivity contribution < 1.29 is 13.5 Å². The van der Waals surface area contributed by atoms with Crippen LogP contribution in [0, 0.1) is 17.9 Å². The molecule has 6 nitrogen and oxygen atoms in total. The molecule has 0 spiro atoms. The van der Waals surface area contributed by atoms with Gasteiger partial charge in [0.15, 0.2) is 5.69 Å². The summed E-state index contributed by atoms with van der Waals surface area (Å²) in [5.41, 5.74) is 0.715. The largest absolute Gasteiger partial charge is 0.858 e. The molecule has 7 heteroatoms. The van der Waals surface area contributed by atoms with Crippen molar-refractivity contribution in [3.05, 3.63) is 71.1 Å². The fourth-order valence-electron chi connectivity index (χ4n) is 1.59. The first kappa shape index (κ1) is 15.2. The Balaban J connectivity index is 2.36. The molecule has 0 unspecified atom stereocenters. The van der Waals surface area contributed by atoms with E-state index in [9.17, 15) is 13.5 Å². The fourth-order valence-corrected chi connectivity index (χ4v) is 2.50. The van der Waals surface area contributed by atoms with E-state index in [2.05, 4.69) is 9.24 Å². The van der Waals surface area contributed by atoms with E-state index < -0.39 is 15.9 Å². The SMILES string of the molecule is [C-]#[N+]c1ccc(S(=O)(=O)N=C([O-])c2ccc(C#N)cc2)cc1. The van der Waals surface area contributed by atoms with Crippen LogP contribution in [0.15, 0.2) is 57.8 Å². The minimum Gasteiger partial charge on any atom is -0.858 e. The van der Waals surface area contributed by atoms with Gasteiger partial charge < -0.3 is 5.11 Å². The second-order valence-corrected chi connectivity index (χ2v) is 5.77. The van der Waals surface area contributed by atoms with Crippen molar-refractivity contribution in [2.24, 2.45) is 4.40 Å². The molecule has 0 amide bonds. The summed E-state index contributed by atoms with van der Waals surface area (Å²) in [4.78, 5) is 2.98. The van der Waals surface area contributed by atoms with E-state index in [4.69, 9.17) is 11.8 Å². The summed E-state index contributed by atoms with van der Waals surface area (Å²) in [7, 11) is -4.14. The molecule has 0 bridgehead atoms. The standard InChI is InChI=1S/C15H9N3O3S/c1-17-13-6-8-14(9-7-13)22(20,21)18-15(19)12-4-2-11(10-16)3-5-12/h2-9H,(H,18,19)/p-1. The highest BCUT2D eigenvalue weighted by Gasteiger charge is 2.12. The molecule has 2 rings (SSSR count). The first-order valence-corrected chi connectivity index (χ1v) is 7.40. The van der Waals surface area contributed by atoms with Crippen molar-refractivity contribution in [3.63, 3.8) is 0 Å². The lowest BCUT2D eigenvalue weighted by Gasteiger charge is -2.10. The Morgan fingerprint density at radius 2 is 1.73 bits per heavy atom. The summed E-state index contributed by atoms with van der Waals surface area (Å²) in [6, 6.07) is 12.5. The Bertz CT molecular complexity index is 900. The third-order valence-electron chi connectivity index (χ3n) is 2.73. The van der Waals surface area contributed by atoms with Gasteiger partial charge in [0.05, 0.1) is 23.1 Å². The zero-order chi connectivity index (χ0) is 16.2. The molecule has 0 atom stereocenters. The number of nitrogens with zero attached hydrogens (tertiary/aromatic N) is 3. The summed E-state index contributed by atoms with van der Waals surface area (Å²) < 4.78 is 27.3. The van der Waals surface area contributed by atoms with Crippen LogP contribution in [0.2, 0.25) is 0 Å². The van der Waals surface area contributed by atoms with Crippen LogP contribution in [-0.4, -0.2) is 14.3 Å². The Hall–Kier alpha value is -3.16. The van der Waals surface area contributed by atoms with Gasteiger partial charge in [0.1, 0.15) is 0 Å². The zero-order valence-electron chi connectivity index (χ0n) is 11.1. The van der Waals surface area contributed by atoms with E-state index in [-0.39, 0.29) is 16.1 Å². The lowest BCUT2D eigenvalue weighted by Crippen LogP contribution is -2.20. The molecule has 22 heavy (non-hydrogen) atoms. The quantitative estimate of drug-likeness (QED) is 0.488. The van der Waals surface area contributed by atoms with Gasteiger partial charge in [-0.2, -0.15) is 18.1 Å². The molecule has 0 N–H and O–H groups in total. The van der Waals surface area contributed by atoms with Crippen LogP contribution in [0.5, 0.6) is 0 Å². The fraction of sp³-hybridized carbons (Fsp3) is 0. The van der Waals surface area contributed by atoms with Crippen molar-refractivity contribution in [1.29, 1.82) is 5.26 Å². The van der Waals surface area contributed by atoms with Crippen LogP contribution in [0.25, 0.3) is 4.85 Å². The highest BCUT2D eigenvalue weighted by Crippen LogP contribution is 2.18. The average molecular weight is 310 g/mol. The van der Waals surface area contributed by atoms with Crippen molar-refractivity contribution in [2.45, 2.75) is 4.90 Å². The first-order valence-electron chi connectivity index (χ1n) is 5.96. The monoisotopic (exact) mass is 310 g/mol. The number of benzene rings is 2. The molecule has 0 saturated carbocycles. The van der Waals surface area contributed by atoms with Crippen molar-refractivity contribution in [3.8, 4) is 6.07 Å². The van der Waals surface area contributed by atoms with Gasteiger partial charge in [-0.15, -0.1) is 0 Å². The molecule has 0 radical (unpaired) electrons. The molecular weight excluding hydrogens is 302 g/mol. The van der Waals surface area contributed by atoms with E-state index in [0.29, 0.717) is 5.56 Å². The molecule has 0 aromatic heterocycles. The van der Waals surface area contributed by atoms with Gasteiger partial charge >= 0.3 is 0 Å². The summed E-state index contributed by atoms with van der Waals surface area (Å²) in [5.74, 6) is -0.918. The number of rotatable bonds is 3. The van der Waals surface area contributed by atoms with E-state index in [1.54, 1.807) is 0 Å². The van der Waals surface area contributed by atoms with Crippen LogP contribution in [-0.2, 0) is 10.0 Å². The molecule has 0 saturated heterocycles. The van der Waals surface area contributed by atoms with Gasteiger partial charge in [-0.05, 0) is 17.7 Å². The molecular formula is C15H8N3O3S-. The Kier molecular flexibility index (Phi) is 4.21. The molecule has 108 valence electrons. The van der Waals surface area contributed by atoms with Crippen LogP contribution < -0.4 is 5.11 Å². The van der Waals surface area contributed by atoms with Crippen molar-refractivity contribution in [2.75, 3.05) is 0 Å². The van der Waals surface area contributed by atoms with Crippen LogP contribution in [0.4, 0.5) is 5.69 Å². The summed E-state index contributed by atoms with van der Waals surface area (Å²) >= 11 is 0. The van der Waals surface area contributed by atoms with Gasteiger partial charge in [0.25, 0.3) is 10.0 Å². The van der Waals surface area contributed by atoms with Gasteiger partial charge in [0.2, 0.25) is 0 Å². The molecule has 2 aromatic rings. The van der Waals surface area contributed by atoms with Crippen LogP contribution >= 0.6 is 0 Å². The molecule has 2 aromatic carbocycles. The predicted molar refractivity (Wildman–Crippen MR) is 77.6 cm³/mol. The van der Waals surface area contributed by atoms with Gasteiger partial charge in [0, 0.05) is 5.90 Å². The maximum atomic E-state index is 12.0. The third-order valence-corrected chi connectivity index (χ3v) is 4.00. The molecule has 0 fully saturated rings. The van der Waals surface area contributed by atoms with Crippen molar-refractivity contribution in [1.82, 2.24) is 0 Å². The second-order valence-electron chi connectivity index (χ2n) is 4.17. The average Bonchev–Trinajstić information content (AvgIpc) is 2.54. The molecule has 0 aliphatic heterocycles. The first-order chi connectivity index (χ1) is 10.5. The van der Waals surface area contributed by atoms with Gasteiger partial charge in [-0.3, -0.25) is 0 Å². The zero-order valence-corrected chi connectivity index (χ0v) is 11.9. The highest BCUT2D eigenvalue weighted by molar-refractivity contribution is 7.90. The summed E-state index contributed by atoms with van der Waals surface area (Å²) in [6.45, 7) is 6.80. The lowest BCUT2D eigenvalue weighted by atomic mass is 10.1. The number of hydrogen-bond acceptors (Lipinski definition) is 4. The summed E-state index contributed by atoms with van der Waals surface area (Å²) in [6.07, 6.45) is 0. The van der Waals surface area contributed by atoms with Crippen molar-refractivity contribution >= 4 is 21.6 Å². The molecule has 0 aliphatic rings. The molecule has 0 heterocycles.